The Morgan fingerprint density at radius 3 is 2.58 bits per heavy atom. The van der Waals surface area contributed by atoms with Gasteiger partial charge in [-0.2, -0.15) is 0 Å². The lowest BCUT2D eigenvalue weighted by atomic mass is 9.58. The molecule has 19 heavy (non-hydrogen) atoms. The number of hydrogen-bond donors (Lipinski definition) is 1. The third-order valence-corrected chi connectivity index (χ3v) is 4.58. The van der Waals surface area contributed by atoms with E-state index in [4.69, 9.17) is 4.74 Å². The molecule has 0 atom stereocenters. The third-order valence-electron chi connectivity index (χ3n) is 4.58. The number of carbonyl (C=O) groups is 1. The summed E-state index contributed by atoms with van der Waals surface area (Å²) in [6, 6.07) is 9.88. The van der Waals surface area contributed by atoms with Crippen LogP contribution in [-0.2, 0) is 16.1 Å². The van der Waals surface area contributed by atoms with E-state index in [1.807, 2.05) is 30.3 Å². The van der Waals surface area contributed by atoms with Gasteiger partial charge in [-0.1, -0.05) is 30.3 Å². The molecule has 0 bridgehead atoms. The van der Waals surface area contributed by atoms with Crippen molar-refractivity contribution in [3.63, 3.8) is 0 Å². The average molecular weight is 259 g/mol. The second kappa shape index (κ2) is 5.33. The van der Waals surface area contributed by atoms with Crippen molar-refractivity contribution in [3.8, 4) is 0 Å². The predicted molar refractivity (Wildman–Crippen MR) is 73.5 cm³/mol. The SMILES string of the molecule is O=C(OCc1ccccc1)C1CC2(CCNCC2)C1. The highest BCUT2D eigenvalue weighted by Gasteiger charge is 2.48. The second-order valence-electron chi connectivity index (χ2n) is 5.95. The molecule has 1 spiro atoms. The summed E-state index contributed by atoms with van der Waals surface area (Å²) in [4.78, 5) is 12.0. The first kappa shape index (κ1) is 12.7. The van der Waals surface area contributed by atoms with Crippen molar-refractivity contribution >= 4 is 5.97 Å². The largest absolute Gasteiger partial charge is 0.461 e. The molecule has 1 aliphatic heterocycles. The van der Waals surface area contributed by atoms with Crippen LogP contribution in [0.15, 0.2) is 30.3 Å². The van der Waals surface area contributed by atoms with Crippen LogP contribution < -0.4 is 5.32 Å². The molecule has 1 aliphatic carbocycles. The highest BCUT2D eigenvalue weighted by molar-refractivity contribution is 5.73. The van der Waals surface area contributed by atoms with Crippen molar-refractivity contribution in [1.82, 2.24) is 5.32 Å². The molecule has 3 rings (SSSR count). The Kier molecular flexibility index (Phi) is 3.56. The van der Waals surface area contributed by atoms with E-state index >= 15 is 0 Å². The molecular weight excluding hydrogens is 238 g/mol. The molecule has 3 nitrogen and oxygen atoms in total. The number of benzene rings is 1. The molecule has 1 aromatic rings. The van der Waals surface area contributed by atoms with Crippen LogP contribution >= 0.6 is 0 Å². The fourth-order valence-corrected chi connectivity index (χ4v) is 3.36. The van der Waals surface area contributed by atoms with E-state index in [0.29, 0.717) is 12.0 Å². The van der Waals surface area contributed by atoms with E-state index in [-0.39, 0.29) is 11.9 Å². The first-order valence-electron chi connectivity index (χ1n) is 7.19. The maximum atomic E-state index is 12.0. The minimum atomic E-state index is -0.00647. The van der Waals surface area contributed by atoms with Gasteiger partial charge in [0.1, 0.15) is 6.61 Å². The van der Waals surface area contributed by atoms with Crippen LogP contribution in [0.2, 0.25) is 0 Å². The predicted octanol–water partition coefficient (Wildman–Crippen LogP) is 2.51. The zero-order chi connectivity index (χ0) is 13.1. The summed E-state index contributed by atoms with van der Waals surface area (Å²) in [5, 5.41) is 3.38. The quantitative estimate of drug-likeness (QED) is 0.848. The van der Waals surface area contributed by atoms with Crippen molar-refractivity contribution in [2.45, 2.75) is 32.3 Å². The number of ether oxygens (including phenoxy) is 1. The molecule has 1 saturated carbocycles. The van der Waals surface area contributed by atoms with Crippen LogP contribution in [0.5, 0.6) is 0 Å². The summed E-state index contributed by atoms with van der Waals surface area (Å²) >= 11 is 0. The van der Waals surface area contributed by atoms with Gasteiger partial charge >= 0.3 is 5.97 Å². The van der Waals surface area contributed by atoms with Crippen molar-refractivity contribution in [2.75, 3.05) is 13.1 Å². The maximum absolute atomic E-state index is 12.0. The number of nitrogens with one attached hydrogen (secondary N) is 1. The summed E-state index contributed by atoms with van der Waals surface area (Å²) in [5.74, 6) is 0.134. The van der Waals surface area contributed by atoms with E-state index < -0.39 is 0 Å². The van der Waals surface area contributed by atoms with E-state index in [0.717, 1.165) is 31.5 Å². The number of esters is 1. The highest BCUT2D eigenvalue weighted by Crippen LogP contribution is 2.51. The fourth-order valence-electron chi connectivity index (χ4n) is 3.36. The number of carbonyl (C=O) groups excluding carboxylic acids is 1. The average Bonchev–Trinajstić information content (AvgIpc) is 2.44. The summed E-state index contributed by atoms with van der Waals surface area (Å²) in [6.07, 6.45) is 4.50. The van der Waals surface area contributed by atoms with Crippen LogP contribution in [0.1, 0.15) is 31.2 Å². The van der Waals surface area contributed by atoms with Crippen molar-refractivity contribution in [2.24, 2.45) is 11.3 Å². The van der Waals surface area contributed by atoms with Gasteiger partial charge in [-0.15, -0.1) is 0 Å². The zero-order valence-corrected chi connectivity index (χ0v) is 11.2. The van der Waals surface area contributed by atoms with Crippen molar-refractivity contribution in [3.05, 3.63) is 35.9 Å². The number of piperidine rings is 1. The third kappa shape index (κ3) is 2.81. The standard InChI is InChI=1S/C16H21NO2/c18-15(19-12-13-4-2-1-3-5-13)14-10-16(11-14)6-8-17-9-7-16/h1-5,14,17H,6-12H2. The Labute approximate surface area is 114 Å². The van der Waals surface area contributed by atoms with Crippen molar-refractivity contribution in [1.29, 1.82) is 0 Å². The molecule has 0 aromatic heterocycles. The minimum absolute atomic E-state index is 0.00647. The zero-order valence-electron chi connectivity index (χ0n) is 11.2. The molecule has 3 heteroatoms. The van der Waals surface area contributed by atoms with E-state index in [9.17, 15) is 4.79 Å². The molecule has 1 aromatic carbocycles. The fraction of sp³-hybridized carbons (Fsp3) is 0.562. The van der Waals surface area contributed by atoms with Gasteiger partial charge in [0.25, 0.3) is 0 Å². The molecule has 1 saturated heterocycles. The Bertz CT molecular complexity index is 429. The smallest absolute Gasteiger partial charge is 0.309 e. The lowest BCUT2D eigenvalue weighted by molar-refractivity contribution is -0.159. The lowest BCUT2D eigenvalue weighted by Gasteiger charge is -2.49. The molecule has 2 aliphatic rings. The Morgan fingerprint density at radius 1 is 1.21 bits per heavy atom. The molecule has 1 heterocycles. The van der Waals surface area contributed by atoms with Crippen LogP contribution in [0.4, 0.5) is 0 Å². The molecule has 1 N–H and O–H groups in total. The van der Waals surface area contributed by atoms with E-state index in [2.05, 4.69) is 5.32 Å². The minimum Gasteiger partial charge on any atom is -0.461 e. The Balaban J connectivity index is 1.45. The maximum Gasteiger partial charge on any atom is 0.309 e. The van der Waals surface area contributed by atoms with Crippen LogP contribution in [-0.4, -0.2) is 19.1 Å². The van der Waals surface area contributed by atoms with Crippen molar-refractivity contribution < 1.29 is 9.53 Å². The molecule has 0 radical (unpaired) electrons. The Morgan fingerprint density at radius 2 is 1.89 bits per heavy atom. The lowest BCUT2D eigenvalue weighted by Crippen LogP contribution is -2.48. The first-order chi connectivity index (χ1) is 9.27. The topological polar surface area (TPSA) is 38.3 Å². The second-order valence-corrected chi connectivity index (χ2v) is 5.95. The monoisotopic (exact) mass is 259 g/mol. The van der Waals surface area contributed by atoms with Crippen LogP contribution in [0, 0.1) is 11.3 Å². The summed E-state index contributed by atoms with van der Waals surface area (Å²) < 4.78 is 5.41. The summed E-state index contributed by atoms with van der Waals surface area (Å²) in [6.45, 7) is 2.61. The molecule has 0 unspecified atom stereocenters. The van der Waals surface area contributed by atoms with Gasteiger partial charge in [0.15, 0.2) is 0 Å². The van der Waals surface area contributed by atoms with Gasteiger partial charge < -0.3 is 10.1 Å². The Hall–Kier alpha value is -1.35. The van der Waals surface area contributed by atoms with Gasteiger partial charge in [-0.25, -0.2) is 0 Å². The summed E-state index contributed by atoms with van der Waals surface area (Å²) in [5.41, 5.74) is 1.51. The molecule has 2 fully saturated rings. The van der Waals surface area contributed by atoms with Crippen LogP contribution in [0.25, 0.3) is 0 Å². The van der Waals surface area contributed by atoms with Gasteiger partial charge in [0.2, 0.25) is 0 Å². The number of hydrogen-bond acceptors (Lipinski definition) is 3. The van der Waals surface area contributed by atoms with E-state index in [1.165, 1.54) is 12.8 Å². The van der Waals surface area contributed by atoms with Gasteiger partial charge in [-0.3, -0.25) is 4.79 Å². The van der Waals surface area contributed by atoms with Gasteiger partial charge in [0.05, 0.1) is 5.92 Å². The van der Waals surface area contributed by atoms with E-state index in [1.54, 1.807) is 0 Å². The van der Waals surface area contributed by atoms with Crippen LogP contribution in [0.3, 0.4) is 0 Å². The molecule has 0 amide bonds. The normalized spacial score (nSPS) is 21.9. The molecule has 102 valence electrons. The first-order valence-corrected chi connectivity index (χ1v) is 7.19. The number of rotatable bonds is 3. The van der Waals surface area contributed by atoms with Gasteiger partial charge in [-0.05, 0) is 49.8 Å². The summed E-state index contributed by atoms with van der Waals surface area (Å²) in [7, 11) is 0. The highest BCUT2D eigenvalue weighted by atomic mass is 16.5. The van der Waals surface area contributed by atoms with Gasteiger partial charge in [0, 0.05) is 0 Å². The molecular formula is C16H21NO2.